The minimum absolute atomic E-state index is 0.971. The molecule has 0 bridgehead atoms. The Balaban J connectivity index is 2.49. The average Bonchev–Trinajstić information content (AvgIpc) is 2.69. The highest BCUT2D eigenvalue weighted by Crippen LogP contribution is 2.34. The normalized spacial score (nSPS) is 11.4. The van der Waals surface area contributed by atoms with Crippen molar-refractivity contribution in [3.8, 4) is 0 Å². The van der Waals surface area contributed by atoms with E-state index >= 15 is 0 Å². The number of thioether (sulfide) groups is 1. The molecule has 0 spiro atoms. The maximum Gasteiger partial charge on any atom is 0.139 e. The van der Waals surface area contributed by atoms with Crippen molar-refractivity contribution >= 4 is 33.7 Å². The van der Waals surface area contributed by atoms with Crippen molar-refractivity contribution in [3.05, 3.63) is 42.0 Å². The Kier molecular flexibility index (Phi) is 2.18. The van der Waals surface area contributed by atoms with Crippen LogP contribution in [0, 0.1) is 6.92 Å². The van der Waals surface area contributed by atoms with Gasteiger partial charge < -0.3 is 4.42 Å². The van der Waals surface area contributed by atoms with Crippen LogP contribution in [0.25, 0.3) is 21.9 Å². The van der Waals surface area contributed by atoms with Crippen molar-refractivity contribution in [2.24, 2.45) is 0 Å². The van der Waals surface area contributed by atoms with Crippen LogP contribution in [0.3, 0.4) is 0 Å². The van der Waals surface area contributed by atoms with Crippen LogP contribution in [0.2, 0.25) is 0 Å². The molecule has 0 fully saturated rings. The highest BCUT2D eigenvalue weighted by atomic mass is 32.2. The molecule has 0 aliphatic heterocycles. The second kappa shape index (κ2) is 3.56. The minimum atomic E-state index is 0.971. The predicted molar refractivity (Wildman–Crippen MR) is 70.2 cm³/mol. The Hall–Kier alpha value is -1.41. The monoisotopic (exact) mass is 228 g/mol. The van der Waals surface area contributed by atoms with Crippen LogP contribution < -0.4 is 0 Å². The third kappa shape index (κ3) is 1.26. The van der Waals surface area contributed by atoms with Crippen molar-refractivity contribution in [1.82, 2.24) is 0 Å². The van der Waals surface area contributed by atoms with Gasteiger partial charge in [-0.05, 0) is 31.4 Å². The lowest BCUT2D eigenvalue weighted by atomic mass is 10.1. The van der Waals surface area contributed by atoms with Crippen LogP contribution in [-0.4, -0.2) is 6.26 Å². The standard InChI is InChI=1S/C14H12OS/c1-9-13(16-2)8-7-11-10-5-3-4-6-12(10)15-14(9)11/h3-8H,1-2H3. The summed E-state index contributed by atoms with van der Waals surface area (Å²) < 4.78 is 5.91. The Morgan fingerprint density at radius 1 is 1.00 bits per heavy atom. The molecule has 0 unspecified atom stereocenters. The van der Waals surface area contributed by atoms with Crippen LogP contribution in [0.15, 0.2) is 45.7 Å². The van der Waals surface area contributed by atoms with Crippen molar-refractivity contribution < 1.29 is 4.42 Å². The van der Waals surface area contributed by atoms with Gasteiger partial charge in [-0.15, -0.1) is 11.8 Å². The molecule has 1 nitrogen and oxygen atoms in total. The number of hydrogen-bond acceptors (Lipinski definition) is 2. The number of furan rings is 1. The van der Waals surface area contributed by atoms with E-state index in [9.17, 15) is 0 Å². The molecule has 3 rings (SSSR count). The highest BCUT2D eigenvalue weighted by Gasteiger charge is 2.10. The zero-order valence-corrected chi connectivity index (χ0v) is 10.1. The fourth-order valence-electron chi connectivity index (χ4n) is 2.13. The van der Waals surface area contributed by atoms with E-state index in [1.54, 1.807) is 11.8 Å². The highest BCUT2D eigenvalue weighted by molar-refractivity contribution is 7.98. The number of benzene rings is 2. The van der Waals surface area contributed by atoms with Gasteiger partial charge in [0.25, 0.3) is 0 Å². The van der Waals surface area contributed by atoms with Crippen LogP contribution in [0.1, 0.15) is 5.56 Å². The lowest BCUT2D eigenvalue weighted by Gasteiger charge is -2.01. The van der Waals surface area contributed by atoms with E-state index < -0.39 is 0 Å². The fourth-order valence-corrected chi connectivity index (χ4v) is 2.73. The summed E-state index contributed by atoms with van der Waals surface area (Å²) >= 11 is 1.76. The molecule has 0 radical (unpaired) electrons. The van der Waals surface area contributed by atoms with Crippen molar-refractivity contribution in [2.45, 2.75) is 11.8 Å². The summed E-state index contributed by atoms with van der Waals surface area (Å²) in [6.07, 6.45) is 2.09. The molecule has 0 N–H and O–H groups in total. The molecule has 0 aliphatic carbocycles. The Morgan fingerprint density at radius 3 is 2.62 bits per heavy atom. The topological polar surface area (TPSA) is 13.1 Å². The number of fused-ring (bicyclic) bond motifs is 3. The van der Waals surface area contributed by atoms with Crippen LogP contribution in [0.4, 0.5) is 0 Å². The van der Waals surface area contributed by atoms with Gasteiger partial charge in [0.05, 0.1) is 0 Å². The van der Waals surface area contributed by atoms with Crippen LogP contribution in [-0.2, 0) is 0 Å². The molecule has 0 amide bonds. The van der Waals surface area contributed by atoms with Gasteiger partial charge in [-0.25, -0.2) is 0 Å². The molecular weight excluding hydrogens is 216 g/mol. The van der Waals surface area contributed by atoms with E-state index in [0.29, 0.717) is 0 Å². The van der Waals surface area contributed by atoms with E-state index in [0.717, 1.165) is 11.2 Å². The van der Waals surface area contributed by atoms with E-state index in [2.05, 4.69) is 37.4 Å². The van der Waals surface area contributed by atoms with Crippen LogP contribution >= 0.6 is 11.8 Å². The largest absolute Gasteiger partial charge is 0.456 e. The quantitative estimate of drug-likeness (QED) is 0.564. The number of aryl methyl sites for hydroxylation is 1. The van der Waals surface area contributed by atoms with Gasteiger partial charge >= 0.3 is 0 Å². The van der Waals surface area contributed by atoms with Crippen molar-refractivity contribution in [2.75, 3.05) is 6.26 Å². The van der Waals surface area contributed by atoms with Gasteiger partial charge in [0.15, 0.2) is 0 Å². The summed E-state index contributed by atoms with van der Waals surface area (Å²) in [5.74, 6) is 0. The number of para-hydroxylation sites is 1. The Bertz CT molecular complexity index is 667. The first-order chi connectivity index (χ1) is 7.81. The molecular formula is C14H12OS. The molecule has 0 saturated carbocycles. The second-order valence-electron chi connectivity index (χ2n) is 3.87. The van der Waals surface area contributed by atoms with Gasteiger partial charge in [0, 0.05) is 21.2 Å². The van der Waals surface area contributed by atoms with Crippen LogP contribution in [0.5, 0.6) is 0 Å². The molecule has 0 aliphatic rings. The van der Waals surface area contributed by atoms with Gasteiger partial charge in [-0.3, -0.25) is 0 Å². The van der Waals surface area contributed by atoms with Gasteiger partial charge in [-0.1, -0.05) is 18.2 Å². The molecule has 16 heavy (non-hydrogen) atoms. The summed E-state index contributed by atoms with van der Waals surface area (Å²) in [4.78, 5) is 1.28. The second-order valence-corrected chi connectivity index (χ2v) is 4.72. The summed E-state index contributed by atoms with van der Waals surface area (Å²) in [7, 11) is 0. The zero-order chi connectivity index (χ0) is 11.1. The zero-order valence-electron chi connectivity index (χ0n) is 9.28. The third-order valence-corrected chi connectivity index (χ3v) is 3.85. The van der Waals surface area contributed by atoms with Crippen molar-refractivity contribution in [1.29, 1.82) is 0 Å². The van der Waals surface area contributed by atoms with E-state index in [4.69, 9.17) is 4.42 Å². The molecule has 0 atom stereocenters. The summed E-state index contributed by atoms with van der Waals surface area (Å²) in [5, 5.41) is 2.42. The first-order valence-electron chi connectivity index (χ1n) is 5.26. The van der Waals surface area contributed by atoms with Gasteiger partial charge in [0.1, 0.15) is 11.2 Å². The number of rotatable bonds is 1. The predicted octanol–water partition coefficient (Wildman–Crippen LogP) is 4.62. The first-order valence-corrected chi connectivity index (χ1v) is 6.48. The molecule has 80 valence electrons. The SMILES string of the molecule is CSc1ccc2c(oc3ccccc32)c1C. The molecule has 1 aromatic heterocycles. The molecule has 0 saturated heterocycles. The average molecular weight is 228 g/mol. The lowest BCUT2D eigenvalue weighted by Crippen LogP contribution is -1.78. The van der Waals surface area contributed by atoms with E-state index in [1.807, 2.05) is 12.1 Å². The molecule has 1 heterocycles. The van der Waals surface area contributed by atoms with Gasteiger partial charge in [-0.2, -0.15) is 0 Å². The van der Waals surface area contributed by atoms with Crippen molar-refractivity contribution in [3.63, 3.8) is 0 Å². The minimum Gasteiger partial charge on any atom is -0.456 e. The molecule has 3 aromatic rings. The third-order valence-electron chi connectivity index (χ3n) is 2.97. The van der Waals surface area contributed by atoms with E-state index in [-0.39, 0.29) is 0 Å². The fraction of sp³-hybridized carbons (Fsp3) is 0.143. The smallest absolute Gasteiger partial charge is 0.139 e. The maximum atomic E-state index is 5.91. The van der Waals surface area contributed by atoms with Gasteiger partial charge in [0.2, 0.25) is 0 Å². The maximum absolute atomic E-state index is 5.91. The number of hydrogen-bond donors (Lipinski definition) is 0. The summed E-state index contributed by atoms with van der Waals surface area (Å²) in [5.41, 5.74) is 3.23. The Morgan fingerprint density at radius 2 is 1.81 bits per heavy atom. The molecule has 2 heteroatoms. The first kappa shape index (κ1) is 9.79. The van der Waals surface area contributed by atoms with E-state index in [1.165, 1.54) is 21.2 Å². The molecule has 2 aromatic carbocycles. The summed E-state index contributed by atoms with van der Waals surface area (Å²) in [6.45, 7) is 2.12. The lowest BCUT2D eigenvalue weighted by molar-refractivity contribution is 0.664. The summed E-state index contributed by atoms with van der Waals surface area (Å²) in [6, 6.07) is 12.5. The Labute approximate surface area is 98.4 Å².